The summed E-state index contributed by atoms with van der Waals surface area (Å²) in [6.45, 7) is 2.57. The third-order valence-corrected chi connectivity index (χ3v) is 4.07. The summed E-state index contributed by atoms with van der Waals surface area (Å²) in [5, 5.41) is 11.4. The van der Waals surface area contributed by atoms with E-state index in [1.165, 1.54) is 12.1 Å². The Bertz CT molecular complexity index is 670. The van der Waals surface area contributed by atoms with Crippen LogP contribution in [0.4, 0.5) is 4.39 Å². The van der Waals surface area contributed by atoms with Crippen molar-refractivity contribution in [3.63, 3.8) is 0 Å². The predicted octanol–water partition coefficient (Wildman–Crippen LogP) is 1.32. The third kappa shape index (κ3) is 2.96. The molecule has 1 N–H and O–H groups in total. The number of hydrogen-bond donors (Lipinski definition) is 1. The van der Waals surface area contributed by atoms with E-state index in [4.69, 9.17) is 9.84 Å². The van der Waals surface area contributed by atoms with Gasteiger partial charge in [-0.2, -0.15) is 0 Å². The number of carboxylic acids is 1. The molecule has 0 spiro atoms. The van der Waals surface area contributed by atoms with Crippen LogP contribution >= 0.6 is 11.8 Å². The van der Waals surface area contributed by atoms with Crippen LogP contribution in [0.2, 0.25) is 0 Å². The number of fused-ring (bicyclic) bond motifs is 1. The topological polar surface area (TPSA) is 67.6 Å². The van der Waals surface area contributed by atoms with Gasteiger partial charge in [-0.15, -0.1) is 0 Å². The molecule has 3 rings (SSSR count). The molecule has 0 atom stereocenters. The van der Waals surface area contributed by atoms with E-state index in [9.17, 15) is 9.18 Å². The van der Waals surface area contributed by atoms with Crippen molar-refractivity contribution in [2.75, 3.05) is 37.1 Å². The molecule has 6 nitrogen and oxygen atoms in total. The molecule has 0 radical (unpaired) electrons. The van der Waals surface area contributed by atoms with Gasteiger partial charge < -0.3 is 14.9 Å². The van der Waals surface area contributed by atoms with Gasteiger partial charge in [0.2, 0.25) is 0 Å². The third-order valence-electron chi connectivity index (χ3n) is 3.16. The van der Waals surface area contributed by atoms with Crippen LogP contribution in [-0.2, 0) is 9.53 Å². The second-order valence-corrected chi connectivity index (χ2v) is 5.53. The van der Waals surface area contributed by atoms with Gasteiger partial charge >= 0.3 is 5.97 Å². The molecular formula is C13H14FN3O3S. The fourth-order valence-corrected chi connectivity index (χ4v) is 3.02. The summed E-state index contributed by atoms with van der Waals surface area (Å²) >= 11 is 1.13. The molecule has 1 aromatic carbocycles. The largest absolute Gasteiger partial charge is 0.481 e. The zero-order chi connectivity index (χ0) is 14.8. The zero-order valence-corrected chi connectivity index (χ0v) is 12.0. The van der Waals surface area contributed by atoms with E-state index in [1.807, 2.05) is 9.69 Å². The van der Waals surface area contributed by atoms with Crippen LogP contribution in [0.5, 0.6) is 0 Å². The molecule has 1 aliphatic rings. The highest BCUT2D eigenvalue weighted by Gasteiger charge is 2.20. The minimum Gasteiger partial charge on any atom is -0.481 e. The molecule has 8 heteroatoms. The molecule has 1 aliphatic heterocycles. The smallest absolute Gasteiger partial charge is 0.313 e. The molecule has 112 valence electrons. The molecule has 0 saturated carbocycles. The maximum Gasteiger partial charge on any atom is 0.313 e. The van der Waals surface area contributed by atoms with Gasteiger partial charge in [-0.1, -0.05) is 11.8 Å². The van der Waals surface area contributed by atoms with Crippen molar-refractivity contribution in [1.82, 2.24) is 9.66 Å². The van der Waals surface area contributed by atoms with Crippen molar-refractivity contribution in [1.29, 1.82) is 0 Å². The van der Waals surface area contributed by atoms with Crippen LogP contribution in [0, 0.1) is 5.82 Å². The summed E-state index contributed by atoms with van der Waals surface area (Å²) in [4.78, 5) is 15.1. The minimum absolute atomic E-state index is 0.0872. The van der Waals surface area contributed by atoms with Gasteiger partial charge in [-0.25, -0.2) is 14.1 Å². The number of imidazole rings is 1. The molecule has 2 heterocycles. The predicted molar refractivity (Wildman–Crippen MR) is 76.8 cm³/mol. The lowest BCUT2D eigenvalue weighted by molar-refractivity contribution is -0.133. The minimum atomic E-state index is -0.910. The number of ether oxygens (including phenoxy) is 1. The summed E-state index contributed by atoms with van der Waals surface area (Å²) in [5.41, 5.74) is 1.29. The lowest BCUT2D eigenvalue weighted by Crippen LogP contribution is -2.44. The number of carboxylic acid groups (broad SMARTS) is 1. The molecule has 21 heavy (non-hydrogen) atoms. The van der Waals surface area contributed by atoms with Crippen molar-refractivity contribution < 1.29 is 19.0 Å². The van der Waals surface area contributed by atoms with Crippen molar-refractivity contribution >= 4 is 28.8 Å². The average molecular weight is 311 g/mol. The average Bonchev–Trinajstić information content (AvgIpc) is 2.83. The van der Waals surface area contributed by atoms with Gasteiger partial charge in [-0.3, -0.25) is 4.79 Å². The van der Waals surface area contributed by atoms with Crippen LogP contribution in [0.3, 0.4) is 0 Å². The Morgan fingerprint density at radius 2 is 2.19 bits per heavy atom. The summed E-state index contributed by atoms with van der Waals surface area (Å²) < 4.78 is 20.5. The number of nitrogens with zero attached hydrogens (tertiary/aromatic N) is 3. The number of halogens is 1. The standard InChI is InChI=1S/C13H14FN3O3S/c14-9-1-2-11-10(7-9)15-13(21-8-12(18)19)17(11)16-3-5-20-6-4-16/h1-2,7H,3-6,8H2,(H,18,19). The summed E-state index contributed by atoms with van der Waals surface area (Å²) in [7, 11) is 0. The van der Waals surface area contributed by atoms with E-state index in [2.05, 4.69) is 4.98 Å². The zero-order valence-electron chi connectivity index (χ0n) is 11.2. The molecule has 1 saturated heterocycles. The van der Waals surface area contributed by atoms with Crippen LogP contribution in [0.25, 0.3) is 11.0 Å². The molecule has 2 aromatic rings. The monoisotopic (exact) mass is 311 g/mol. The number of rotatable bonds is 4. The SMILES string of the molecule is O=C(O)CSc1nc2cc(F)ccc2n1N1CCOCC1. The lowest BCUT2D eigenvalue weighted by Gasteiger charge is -2.31. The van der Waals surface area contributed by atoms with Crippen molar-refractivity contribution in [3.05, 3.63) is 24.0 Å². The Kier molecular flexibility index (Phi) is 3.98. The summed E-state index contributed by atoms with van der Waals surface area (Å²) in [6.07, 6.45) is 0. The highest BCUT2D eigenvalue weighted by Crippen LogP contribution is 2.25. The molecule has 1 aromatic heterocycles. The van der Waals surface area contributed by atoms with E-state index in [0.717, 1.165) is 17.3 Å². The number of carbonyl (C=O) groups is 1. The molecule has 0 bridgehead atoms. The Morgan fingerprint density at radius 1 is 1.43 bits per heavy atom. The first kappa shape index (κ1) is 14.2. The van der Waals surface area contributed by atoms with E-state index in [-0.39, 0.29) is 11.6 Å². The number of aliphatic carboxylic acids is 1. The van der Waals surface area contributed by atoms with Crippen LogP contribution in [-0.4, -0.2) is 52.8 Å². The Morgan fingerprint density at radius 3 is 2.90 bits per heavy atom. The summed E-state index contributed by atoms with van der Waals surface area (Å²) in [6, 6.07) is 4.40. The van der Waals surface area contributed by atoms with Crippen LogP contribution in [0.15, 0.2) is 23.4 Å². The lowest BCUT2D eigenvalue weighted by atomic mass is 10.3. The number of hydrogen-bond acceptors (Lipinski definition) is 5. The maximum atomic E-state index is 13.4. The number of aromatic nitrogens is 2. The highest BCUT2D eigenvalue weighted by atomic mass is 32.2. The first-order valence-corrected chi connectivity index (χ1v) is 7.49. The van der Waals surface area contributed by atoms with Crippen LogP contribution < -0.4 is 5.01 Å². The van der Waals surface area contributed by atoms with Gasteiger partial charge in [0, 0.05) is 6.07 Å². The Labute approximate surface area is 124 Å². The van der Waals surface area contributed by atoms with Gasteiger partial charge in [0.05, 0.1) is 43.1 Å². The van der Waals surface area contributed by atoms with E-state index in [0.29, 0.717) is 37.0 Å². The molecular weight excluding hydrogens is 297 g/mol. The van der Waals surface area contributed by atoms with Crippen molar-refractivity contribution in [3.8, 4) is 0 Å². The molecule has 0 unspecified atom stereocenters. The fraction of sp³-hybridized carbons (Fsp3) is 0.385. The Hall–Kier alpha value is -1.80. The van der Waals surface area contributed by atoms with Gasteiger partial charge in [-0.05, 0) is 12.1 Å². The normalized spacial score (nSPS) is 15.6. The maximum absolute atomic E-state index is 13.4. The van der Waals surface area contributed by atoms with E-state index in [1.54, 1.807) is 6.07 Å². The highest BCUT2D eigenvalue weighted by molar-refractivity contribution is 7.99. The number of morpholine rings is 1. The van der Waals surface area contributed by atoms with Crippen molar-refractivity contribution in [2.24, 2.45) is 0 Å². The first-order valence-electron chi connectivity index (χ1n) is 6.51. The van der Waals surface area contributed by atoms with Crippen molar-refractivity contribution in [2.45, 2.75) is 5.16 Å². The first-order chi connectivity index (χ1) is 10.1. The van der Waals surface area contributed by atoms with Gasteiger partial charge in [0.15, 0.2) is 5.16 Å². The Balaban J connectivity index is 2.03. The van der Waals surface area contributed by atoms with Crippen LogP contribution in [0.1, 0.15) is 0 Å². The quantitative estimate of drug-likeness (QED) is 0.859. The van der Waals surface area contributed by atoms with Gasteiger partial charge in [0.25, 0.3) is 0 Å². The molecule has 0 aliphatic carbocycles. The second kappa shape index (κ2) is 5.90. The van der Waals surface area contributed by atoms with E-state index >= 15 is 0 Å². The van der Waals surface area contributed by atoms with E-state index < -0.39 is 5.97 Å². The molecule has 0 amide bonds. The fourth-order valence-electron chi connectivity index (χ4n) is 2.27. The summed E-state index contributed by atoms with van der Waals surface area (Å²) in [5.74, 6) is -1.36. The van der Waals surface area contributed by atoms with Gasteiger partial charge in [0.1, 0.15) is 5.82 Å². The molecule has 1 fully saturated rings. The number of benzene rings is 1. The number of thioether (sulfide) groups is 1. The second-order valence-electron chi connectivity index (χ2n) is 4.59.